The highest BCUT2D eigenvalue weighted by Crippen LogP contribution is 2.25. The summed E-state index contributed by atoms with van der Waals surface area (Å²) in [6, 6.07) is 4.17. The first-order valence-corrected chi connectivity index (χ1v) is 5.25. The Hall–Kier alpha value is -1.13. The molecule has 0 spiro atoms. The summed E-state index contributed by atoms with van der Waals surface area (Å²) in [5.41, 5.74) is 0.611. The quantitative estimate of drug-likeness (QED) is 0.832. The molecular weight excluding hydrogens is 209 g/mol. The predicted molar refractivity (Wildman–Crippen MR) is 61.1 cm³/mol. The Bertz CT molecular complexity index is 340. The van der Waals surface area contributed by atoms with Crippen LogP contribution in [0.15, 0.2) is 18.2 Å². The minimum atomic E-state index is -0.657. The van der Waals surface area contributed by atoms with Crippen LogP contribution < -0.4 is 4.74 Å². The number of likely N-dealkylation sites (N-methyl/N-ethyl adjacent to an activating group) is 1. The van der Waals surface area contributed by atoms with E-state index in [1.54, 1.807) is 13.0 Å². The summed E-state index contributed by atoms with van der Waals surface area (Å²) in [5.74, 6) is 0.0566. The zero-order valence-electron chi connectivity index (χ0n) is 9.90. The maximum atomic E-state index is 13.0. The van der Waals surface area contributed by atoms with Gasteiger partial charge in [-0.1, -0.05) is 0 Å². The van der Waals surface area contributed by atoms with Gasteiger partial charge in [-0.2, -0.15) is 0 Å². The summed E-state index contributed by atoms with van der Waals surface area (Å²) in [6.07, 6.45) is -0.657. The molecule has 1 rings (SSSR count). The third-order valence-corrected chi connectivity index (χ3v) is 2.22. The standard InChI is InChI=1S/C12H18FNO2/c1-9(15)11-5-4-10(13)8-12(11)16-7-6-14(2)3/h4-5,8-9,15H,6-7H2,1-3H3/t9-/m0/s1. The first kappa shape index (κ1) is 12.9. The second kappa shape index (κ2) is 5.82. The molecule has 0 radical (unpaired) electrons. The van der Waals surface area contributed by atoms with Gasteiger partial charge in [-0.05, 0) is 33.2 Å². The van der Waals surface area contributed by atoms with Crippen LogP contribution in [0.2, 0.25) is 0 Å². The van der Waals surface area contributed by atoms with Gasteiger partial charge in [-0.25, -0.2) is 4.39 Å². The van der Waals surface area contributed by atoms with Gasteiger partial charge in [0.05, 0.1) is 6.10 Å². The minimum absolute atomic E-state index is 0.357. The van der Waals surface area contributed by atoms with Gasteiger partial charge < -0.3 is 14.7 Å². The maximum Gasteiger partial charge on any atom is 0.128 e. The van der Waals surface area contributed by atoms with Gasteiger partial charge in [0.2, 0.25) is 0 Å². The van der Waals surface area contributed by atoms with E-state index < -0.39 is 6.10 Å². The van der Waals surface area contributed by atoms with E-state index in [0.29, 0.717) is 17.9 Å². The maximum absolute atomic E-state index is 13.0. The Labute approximate surface area is 95.5 Å². The third kappa shape index (κ3) is 3.79. The molecule has 0 heterocycles. The van der Waals surface area contributed by atoms with Crippen LogP contribution in [0.3, 0.4) is 0 Å². The Morgan fingerprint density at radius 2 is 2.12 bits per heavy atom. The van der Waals surface area contributed by atoms with Gasteiger partial charge in [0.25, 0.3) is 0 Å². The molecule has 1 aromatic rings. The molecule has 90 valence electrons. The number of halogens is 1. The van der Waals surface area contributed by atoms with Crippen LogP contribution in [0.4, 0.5) is 4.39 Å². The lowest BCUT2D eigenvalue weighted by Gasteiger charge is -2.15. The molecule has 1 aromatic carbocycles. The average molecular weight is 227 g/mol. The SMILES string of the molecule is C[C@H](O)c1ccc(F)cc1OCCN(C)C. The molecule has 0 aromatic heterocycles. The van der Waals surface area contributed by atoms with E-state index in [9.17, 15) is 9.50 Å². The van der Waals surface area contributed by atoms with Crippen molar-refractivity contribution in [2.24, 2.45) is 0 Å². The van der Waals surface area contributed by atoms with Crippen molar-refractivity contribution in [3.8, 4) is 5.75 Å². The van der Waals surface area contributed by atoms with Crippen LogP contribution in [-0.4, -0.2) is 37.3 Å². The summed E-state index contributed by atoms with van der Waals surface area (Å²) >= 11 is 0. The summed E-state index contributed by atoms with van der Waals surface area (Å²) in [5, 5.41) is 9.49. The molecule has 1 atom stereocenters. The lowest BCUT2D eigenvalue weighted by Crippen LogP contribution is -2.19. The monoisotopic (exact) mass is 227 g/mol. The molecule has 16 heavy (non-hydrogen) atoms. The first-order chi connectivity index (χ1) is 7.50. The molecule has 0 aliphatic rings. The molecule has 0 fully saturated rings. The summed E-state index contributed by atoms with van der Waals surface area (Å²) in [4.78, 5) is 1.97. The van der Waals surface area contributed by atoms with Crippen LogP contribution in [0, 0.1) is 5.82 Å². The number of hydrogen-bond donors (Lipinski definition) is 1. The second-order valence-electron chi connectivity index (χ2n) is 4.01. The second-order valence-corrected chi connectivity index (χ2v) is 4.01. The van der Waals surface area contributed by atoms with E-state index in [4.69, 9.17) is 4.74 Å². The molecule has 0 aliphatic carbocycles. The van der Waals surface area contributed by atoms with Gasteiger partial charge in [-0.3, -0.25) is 0 Å². The summed E-state index contributed by atoms with van der Waals surface area (Å²) in [7, 11) is 3.87. The smallest absolute Gasteiger partial charge is 0.128 e. The van der Waals surface area contributed by atoms with Gasteiger partial charge >= 0.3 is 0 Å². The fourth-order valence-corrected chi connectivity index (χ4v) is 1.32. The van der Waals surface area contributed by atoms with E-state index in [-0.39, 0.29) is 5.82 Å². The van der Waals surface area contributed by atoms with Crippen LogP contribution in [0.5, 0.6) is 5.75 Å². The van der Waals surface area contributed by atoms with Crippen LogP contribution >= 0.6 is 0 Å². The molecule has 0 amide bonds. The van der Waals surface area contributed by atoms with Crippen LogP contribution in [0.25, 0.3) is 0 Å². The molecule has 4 heteroatoms. The lowest BCUT2D eigenvalue weighted by molar-refractivity contribution is 0.188. The Balaban J connectivity index is 2.72. The normalized spacial score (nSPS) is 12.9. The highest BCUT2D eigenvalue weighted by molar-refractivity contribution is 5.35. The van der Waals surface area contributed by atoms with Gasteiger partial charge in [0.1, 0.15) is 18.2 Å². The number of aliphatic hydroxyl groups excluding tert-OH is 1. The van der Waals surface area contributed by atoms with Crippen molar-refractivity contribution in [2.75, 3.05) is 27.2 Å². The predicted octanol–water partition coefficient (Wildman–Crippen LogP) is 1.82. The molecule has 0 bridgehead atoms. The Morgan fingerprint density at radius 1 is 1.44 bits per heavy atom. The van der Waals surface area contributed by atoms with Gasteiger partial charge in [0.15, 0.2) is 0 Å². The fourth-order valence-electron chi connectivity index (χ4n) is 1.32. The van der Waals surface area contributed by atoms with E-state index in [2.05, 4.69) is 0 Å². The number of benzene rings is 1. The van der Waals surface area contributed by atoms with Gasteiger partial charge in [-0.15, -0.1) is 0 Å². The largest absolute Gasteiger partial charge is 0.492 e. The number of aliphatic hydroxyl groups is 1. The highest BCUT2D eigenvalue weighted by Gasteiger charge is 2.10. The molecule has 0 unspecified atom stereocenters. The number of nitrogens with zero attached hydrogens (tertiary/aromatic N) is 1. The topological polar surface area (TPSA) is 32.7 Å². The van der Waals surface area contributed by atoms with Gasteiger partial charge in [0, 0.05) is 18.2 Å². The summed E-state index contributed by atoms with van der Waals surface area (Å²) < 4.78 is 18.5. The zero-order chi connectivity index (χ0) is 12.1. The van der Waals surface area contributed by atoms with Crippen molar-refractivity contribution >= 4 is 0 Å². The molecule has 0 saturated heterocycles. The van der Waals surface area contributed by atoms with E-state index >= 15 is 0 Å². The fraction of sp³-hybridized carbons (Fsp3) is 0.500. The molecule has 0 saturated carbocycles. The van der Waals surface area contributed by atoms with Crippen molar-refractivity contribution < 1.29 is 14.2 Å². The Morgan fingerprint density at radius 3 is 2.69 bits per heavy atom. The summed E-state index contributed by atoms with van der Waals surface area (Å²) in [6.45, 7) is 2.85. The molecular formula is C12H18FNO2. The van der Waals surface area contributed by atoms with Crippen molar-refractivity contribution in [3.63, 3.8) is 0 Å². The third-order valence-electron chi connectivity index (χ3n) is 2.22. The van der Waals surface area contributed by atoms with E-state index in [0.717, 1.165) is 6.54 Å². The van der Waals surface area contributed by atoms with Crippen molar-refractivity contribution in [3.05, 3.63) is 29.6 Å². The van der Waals surface area contributed by atoms with Crippen molar-refractivity contribution in [2.45, 2.75) is 13.0 Å². The first-order valence-electron chi connectivity index (χ1n) is 5.25. The number of hydrogen-bond acceptors (Lipinski definition) is 3. The van der Waals surface area contributed by atoms with E-state index in [1.165, 1.54) is 12.1 Å². The van der Waals surface area contributed by atoms with Crippen LogP contribution in [0.1, 0.15) is 18.6 Å². The van der Waals surface area contributed by atoms with E-state index in [1.807, 2.05) is 19.0 Å². The van der Waals surface area contributed by atoms with Crippen LogP contribution in [-0.2, 0) is 0 Å². The molecule has 3 nitrogen and oxygen atoms in total. The van der Waals surface area contributed by atoms with Crippen molar-refractivity contribution in [1.29, 1.82) is 0 Å². The zero-order valence-corrected chi connectivity index (χ0v) is 9.90. The molecule has 0 aliphatic heterocycles. The average Bonchev–Trinajstić information content (AvgIpc) is 2.16. The molecule has 1 N–H and O–H groups in total. The number of ether oxygens (including phenoxy) is 1. The highest BCUT2D eigenvalue weighted by atomic mass is 19.1. The lowest BCUT2D eigenvalue weighted by atomic mass is 10.1. The van der Waals surface area contributed by atoms with Crippen molar-refractivity contribution in [1.82, 2.24) is 4.90 Å². The number of rotatable bonds is 5. The minimum Gasteiger partial charge on any atom is -0.492 e. The Kier molecular flexibility index (Phi) is 4.71.